The van der Waals surface area contributed by atoms with E-state index >= 15 is 0 Å². The number of ether oxygens (including phenoxy) is 1. The molecule has 1 amide bonds. The number of carbonyl (C=O) groups is 1. The molecule has 0 radical (unpaired) electrons. The fourth-order valence-electron chi connectivity index (χ4n) is 2.43. The van der Waals surface area contributed by atoms with E-state index in [2.05, 4.69) is 5.32 Å². The Morgan fingerprint density at radius 2 is 1.95 bits per heavy atom. The van der Waals surface area contributed by atoms with Crippen molar-refractivity contribution in [3.63, 3.8) is 0 Å². The molecule has 0 saturated heterocycles. The summed E-state index contributed by atoms with van der Waals surface area (Å²) in [5.74, 6) is 0.796. The van der Waals surface area contributed by atoms with Crippen LogP contribution in [0.25, 0.3) is 10.8 Å². The van der Waals surface area contributed by atoms with Crippen molar-refractivity contribution in [1.29, 1.82) is 0 Å². The van der Waals surface area contributed by atoms with Gasteiger partial charge in [-0.1, -0.05) is 36.4 Å². The summed E-state index contributed by atoms with van der Waals surface area (Å²) in [4.78, 5) is 12.3. The van der Waals surface area contributed by atoms with Crippen molar-refractivity contribution in [2.75, 3.05) is 19.8 Å². The van der Waals surface area contributed by atoms with E-state index in [0.29, 0.717) is 6.54 Å². The maximum atomic E-state index is 12.3. The molecule has 0 unspecified atom stereocenters. The zero-order chi connectivity index (χ0) is 14.5. The van der Waals surface area contributed by atoms with Crippen LogP contribution < -0.4 is 5.32 Å². The number of rotatable bonds is 7. The average Bonchev–Trinajstić information content (AvgIpc) is 3.34. The van der Waals surface area contributed by atoms with Gasteiger partial charge in [0.25, 0.3) is 5.91 Å². The fraction of sp³-hybridized carbons (Fsp3) is 0.389. The smallest absolute Gasteiger partial charge is 0.251 e. The van der Waals surface area contributed by atoms with E-state index in [9.17, 15) is 4.79 Å². The number of hydrogen-bond acceptors (Lipinski definition) is 2. The normalized spacial score (nSPS) is 14.3. The van der Waals surface area contributed by atoms with Gasteiger partial charge in [-0.2, -0.15) is 0 Å². The fourth-order valence-corrected chi connectivity index (χ4v) is 2.43. The van der Waals surface area contributed by atoms with Gasteiger partial charge in [-0.25, -0.2) is 0 Å². The zero-order valence-electron chi connectivity index (χ0n) is 12.2. The predicted octanol–water partition coefficient (Wildman–Crippen LogP) is 3.39. The number of amides is 1. The summed E-state index contributed by atoms with van der Waals surface area (Å²) in [7, 11) is 0. The Labute approximate surface area is 125 Å². The molecular formula is C18H21NO2. The Morgan fingerprint density at radius 1 is 1.14 bits per heavy atom. The summed E-state index contributed by atoms with van der Waals surface area (Å²) in [6.07, 6.45) is 3.50. The van der Waals surface area contributed by atoms with Gasteiger partial charge in [-0.05, 0) is 42.0 Å². The third-order valence-electron chi connectivity index (χ3n) is 3.84. The Bertz CT molecular complexity index is 614. The molecule has 0 atom stereocenters. The first-order chi connectivity index (χ1) is 10.3. The number of benzene rings is 2. The van der Waals surface area contributed by atoms with Crippen molar-refractivity contribution in [3.8, 4) is 0 Å². The Kier molecular flexibility index (Phi) is 4.51. The summed E-state index contributed by atoms with van der Waals surface area (Å²) in [6.45, 7) is 2.27. The number of fused-ring (bicyclic) bond motifs is 1. The molecule has 3 nitrogen and oxygen atoms in total. The standard InChI is InChI=1S/C18H21NO2/c20-18(19-11-4-12-21-13-14-9-10-14)17-8-3-6-15-5-1-2-7-16(15)17/h1-3,5-8,14H,4,9-13H2,(H,19,20). The van der Waals surface area contributed by atoms with Crippen LogP contribution in [0.2, 0.25) is 0 Å². The van der Waals surface area contributed by atoms with E-state index in [1.807, 2.05) is 42.5 Å². The third kappa shape index (κ3) is 3.82. The van der Waals surface area contributed by atoms with E-state index in [4.69, 9.17) is 4.74 Å². The van der Waals surface area contributed by atoms with Crippen LogP contribution in [0, 0.1) is 5.92 Å². The second-order valence-corrected chi connectivity index (χ2v) is 5.65. The molecule has 0 bridgehead atoms. The van der Waals surface area contributed by atoms with E-state index in [-0.39, 0.29) is 5.91 Å². The highest BCUT2D eigenvalue weighted by molar-refractivity contribution is 6.06. The minimum atomic E-state index is -0.00556. The zero-order valence-corrected chi connectivity index (χ0v) is 12.2. The summed E-state index contributed by atoms with van der Waals surface area (Å²) < 4.78 is 5.56. The molecule has 1 aliphatic rings. The molecule has 1 fully saturated rings. The van der Waals surface area contributed by atoms with E-state index in [0.717, 1.165) is 41.9 Å². The van der Waals surface area contributed by atoms with Gasteiger partial charge < -0.3 is 10.1 Å². The van der Waals surface area contributed by atoms with Gasteiger partial charge in [-0.3, -0.25) is 4.79 Å². The van der Waals surface area contributed by atoms with Crippen LogP contribution in [-0.4, -0.2) is 25.7 Å². The lowest BCUT2D eigenvalue weighted by atomic mass is 10.0. The van der Waals surface area contributed by atoms with Crippen LogP contribution >= 0.6 is 0 Å². The molecule has 0 aliphatic heterocycles. The number of hydrogen-bond donors (Lipinski definition) is 1. The Balaban J connectivity index is 1.49. The molecule has 2 aromatic rings. The quantitative estimate of drug-likeness (QED) is 0.791. The first-order valence-electron chi connectivity index (χ1n) is 7.68. The molecule has 3 rings (SSSR count). The van der Waals surface area contributed by atoms with Crippen molar-refractivity contribution in [2.45, 2.75) is 19.3 Å². The van der Waals surface area contributed by atoms with Crippen LogP contribution in [-0.2, 0) is 4.74 Å². The number of carbonyl (C=O) groups excluding carboxylic acids is 1. The van der Waals surface area contributed by atoms with E-state index < -0.39 is 0 Å². The topological polar surface area (TPSA) is 38.3 Å². The van der Waals surface area contributed by atoms with Crippen LogP contribution in [0.4, 0.5) is 0 Å². The van der Waals surface area contributed by atoms with Crippen molar-refractivity contribution >= 4 is 16.7 Å². The third-order valence-corrected chi connectivity index (χ3v) is 3.84. The molecule has 0 spiro atoms. The lowest BCUT2D eigenvalue weighted by molar-refractivity contribution is 0.0939. The predicted molar refractivity (Wildman–Crippen MR) is 84.4 cm³/mol. The van der Waals surface area contributed by atoms with Gasteiger partial charge in [0.2, 0.25) is 0 Å². The molecule has 2 aromatic carbocycles. The van der Waals surface area contributed by atoms with Crippen molar-refractivity contribution < 1.29 is 9.53 Å². The monoisotopic (exact) mass is 283 g/mol. The van der Waals surface area contributed by atoms with E-state index in [1.165, 1.54) is 12.8 Å². The molecular weight excluding hydrogens is 262 g/mol. The highest BCUT2D eigenvalue weighted by Gasteiger charge is 2.20. The maximum absolute atomic E-state index is 12.3. The van der Waals surface area contributed by atoms with Crippen molar-refractivity contribution in [3.05, 3.63) is 48.0 Å². The SMILES string of the molecule is O=C(NCCCOCC1CC1)c1cccc2ccccc12. The summed E-state index contributed by atoms with van der Waals surface area (Å²) >= 11 is 0. The van der Waals surface area contributed by atoms with Crippen LogP contribution in [0.3, 0.4) is 0 Å². The highest BCUT2D eigenvalue weighted by Crippen LogP contribution is 2.28. The molecule has 1 aliphatic carbocycles. The summed E-state index contributed by atoms with van der Waals surface area (Å²) in [5.41, 5.74) is 0.743. The summed E-state index contributed by atoms with van der Waals surface area (Å²) in [5, 5.41) is 5.07. The molecule has 1 saturated carbocycles. The van der Waals surface area contributed by atoms with Gasteiger partial charge in [-0.15, -0.1) is 0 Å². The second kappa shape index (κ2) is 6.72. The van der Waals surface area contributed by atoms with Crippen molar-refractivity contribution in [1.82, 2.24) is 5.32 Å². The molecule has 110 valence electrons. The van der Waals surface area contributed by atoms with Gasteiger partial charge >= 0.3 is 0 Å². The van der Waals surface area contributed by atoms with Gasteiger partial charge in [0.15, 0.2) is 0 Å². The molecule has 3 heteroatoms. The molecule has 21 heavy (non-hydrogen) atoms. The highest BCUT2D eigenvalue weighted by atomic mass is 16.5. The minimum Gasteiger partial charge on any atom is -0.381 e. The van der Waals surface area contributed by atoms with E-state index in [1.54, 1.807) is 0 Å². The first-order valence-corrected chi connectivity index (χ1v) is 7.68. The van der Waals surface area contributed by atoms with Gasteiger partial charge in [0.1, 0.15) is 0 Å². The second-order valence-electron chi connectivity index (χ2n) is 5.65. The van der Waals surface area contributed by atoms with Gasteiger partial charge in [0.05, 0.1) is 0 Å². The molecule has 0 heterocycles. The van der Waals surface area contributed by atoms with Crippen LogP contribution in [0.1, 0.15) is 29.6 Å². The van der Waals surface area contributed by atoms with Crippen molar-refractivity contribution in [2.24, 2.45) is 5.92 Å². The first kappa shape index (κ1) is 14.1. The molecule has 0 aromatic heterocycles. The van der Waals surface area contributed by atoms with Crippen LogP contribution in [0.5, 0.6) is 0 Å². The maximum Gasteiger partial charge on any atom is 0.251 e. The van der Waals surface area contributed by atoms with Crippen LogP contribution in [0.15, 0.2) is 42.5 Å². The minimum absolute atomic E-state index is 0.00556. The lowest BCUT2D eigenvalue weighted by Crippen LogP contribution is -2.25. The molecule has 1 N–H and O–H groups in total. The number of nitrogens with one attached hydrogen (secondary N) is 1. The Morgan fingerprint density at radius 3 is 2.81 bits per heavy atom. The lowest BCUT2D eigenvalue weighted by Gasteiger charge is -2.08. The Hall–Kier alpha value is -1.87. The largest absolute Gasteiger partial charge is 0.381 e. The average molecular weight is 283 g/mol. The summed E-state index contributed by atoms with van der Waals surface area (Å²) in [6, 6.07) is 13.8. The van der Waals surface area contributed by atoms with Gasteiger partial charge in [0, 0.05) is 25.3 Å².